The molecule has 2 amide bonds. The number of nitrogens with zero attached hydrogens (tertiary/aromatic N) is 2. The number of carbonyl (C=O) groups is 2. The van der Waals surface area contributed by atoms with Gasteiger partial charge in [0.2, 0.25) is 5.91 Å². The number of carbonyl (C=O) groups excluding carboxylic acids is 2. The minimum absolute atomic E-state index is 0.0914. The van der Waals surface area contributed by atoms with Crippen molar-refractivity contribution in [1.82, 2.24) is 4.98 Å². The Hall–Kier alpha value is -3.19. The maximum atomic E-state index is 12.9. The second kappa shape index (κ2) is 8.15. The fourth-order valence-electron chi connectivity index (χ4n) is 3.93. The Morgan fingerprint density at radius 2 is 1.87 bits per heavy atom. The van der Waals surface area contributed by atoms with Crippen molar-refractivity contribution in [2.45, 2.75) is 40.7 Å². The van der Waals surface area contributed by atoms with Crippen molar-refractivity contribution in [3.8, 4) is 17.0 Å². The van der Waals surface area contributed by atoms with E-state index in [1.807, 2.05) is 63.4 Å². The van der Waals surface area contributed by atoms with Gasteiger partial charge in [-0.2, -0.15) is 0 Å². The molecular formula is C24H25N3O3S. The zero-order valence-electron chi connectivity index (χ0n) is 18.3. The quantitative estimate of drug-likeness (QED) is 0.639. The number of anilines is 2. The Morgan fingerprint density at radius 1 is 1.16 bits per heavy atom. The highest BCUT2D eigenvalue weighted by molar-refractivity contribution is 7.09. The van der Waals surface area contributed by atoms with Crippen LogP contribution in [0.5, 0.6) is 5.75 Å². The van der Waals surface area contributed by atoms with E-state index in [9.17, 15) is 9.59 Å². The van der Waals surface area contributed by atoms with Crippen LogP contribution in [0.15, 0.2) is 35.7 Å². The fourth-order valence-corrected chi connectivity index (χ4v) is 4.55. The third-order valence-electron chi connectivity index (χ3n) is 5.33. The van der Waals surface area contributed by atoms with Crippen LogP contribution in [-0.4, -0.2) is 29.4 Å². The number of nitrogens with one attached hydrogen (secondary N) is 1. The number of rotatable bonds is 4. The molecule has 2 aromatic carbocycles. The molecule has 1 aromatic heterocycles. The molecule has 3 aromatic rings. The number of ether oxygens (including phenoxy) is 1. The van der Waals surface area contributed by atoms with Crippen LogP contribution in [0.3, 0.4) is 0 Å². The lowest BCUT2D eigenvalue weighted by molar-refractivity contribution is -0.127. The molecular weight excluding hydrogens is 410 g/mol. The first kappa shape index (κ1) is 21.1. The zero-order valence-corrected chi connectivity index (χ0v) is 19.1. The Labute approximate surface area is 185 Å². The van der Waals surface area contributed by atoms with Crippen molar-refractivity contribution in [2.24, 2.45) is 0 Å². The van der Waals surface area contributed by atoms with Crippen molar-refractivity contribution < 1.29 is 14.3 Å². The summed E-state index contributed by atoms with van der Waals surface area (Å²) in [6.45, 7) is 9.52. The Morgan fingerprint density at radius 3 is 2.52 bits per heavy atom. The highest BCUT2D eigenvalue weighted by Gasteiger charge is 2.33. The standard InChI is InChI=1S/C24H25N3O3S/c1-13-8-14(2)23(15(3)9-13)26-22(28)11-27-20-10-18(19-12-31-17(5)25-19)6-7-21(20)30-16(4)24(27)29/h6-10,12,16H,11H2,1-5H3,(H,26,28). The topological polar surface area (TPSA) is 71.5 Å². The molecule has 4 rings (SSSR count). The Kier molecular flexibility index (Phi) is 5.54. The first-order valence-corrected chi connectivity index (χ1v) is 11.0. The summed E-state index contributed by atoms with van der Waals surface area (Å²) >= 11 is 1.57. The monoisotopic (exact) mass is 435 g/mol. The number of aryl methyl sites for hydroxylation is 4. The van der Waals surface area contributed by atoms with Crippen LogP contribution in [0.2, 0.25) is 0 Å². The molecule has 1 unspecified atom stereocenters. The molecule has 1 aliphatic rings. The van der Waals surface area contributed by atoms with E-state index in [0.717, 1.165) is 38.6 Å². The van der Waals surface area contributed by atoms with Crippen molar-refractivity contribution in [3.05, 3.63) is 57.4 Å². The number of fused-ring (bicyclic) bond motifs is 1. The molecule has 0 fully saturated rings. The molecule has 0 aliphatic carbocycles. The summed E-state index contributed by atoms with van der Waals surface area (Å²) in [6.07, 6.45) is -0.657. The molecule has 0 saturated heterocycles. The van der Waals surface area contributed by atoms with Crippen LogP contribution in [0.1, 0.15) is 28.6 Å². The van der Waals surface area contributed by atoms with Crippen molar-refractivity contribution >= 4 is 34.5 Å². The van der Waals surface area contributed by atoms with E-state index in [0.29, 0.717) is 11.4 Å². The van der Waals surface area contributed by atoms with Gasteiger partial charge in [-0.1, -0.05) is 17.7 Å². The first-order valence-electron chi connectivity index (χ1n) is 10.1. The highest BCUT2D eigenvalue weighted by atomic mass is 32.1. The molecule has 31 heavy (non-hydrogen) atoms. The van der Waals surface area contributed by atoms with Gasteiger partial charge in [0, 0.05) is 16.6 Å². The maximum Gasteiger partial charge on any atom is 0.268 e. The van der Waals surface area contributed by atoms with Crippen LogP contribution in [-0.2, 0) is 9.59 Å². The summed E-state index contributed by atoms with van der Waals surface area (Å²) in [5, 5.41) is 5.93. The summed E-state index contributed by atoms with van der Waals surface area (Å²) in [5.41, 5.74) is 6.22. The molecule has 1 atom stereocenters. The van der Waals surface area contributed by atoms with Gasteiger partial charge in [0.25, 0.3) is 5.91 Å². The Balaban J connectivity index is 1.64. The Bertz CT molecular complexity index is 1160. The van der Waals surface area contributed by atoms with E-state index in [1.165, 1.54) is 4.90 Å². The third kappa shape index (κ3) is 4.18. The average molecular weight is 436 g/mol. The van der Waals surface area contributed by atoms with Gasteiger partial charge in [-0.15, -0.1) is 11.3 Å². The third-order valence-corrected chi connectivity index (χ3v) is 6.10. The highest BCUT2D eigenvalue weighted by Crippen LogP contribution is 2.37. The molecule has 160 valence electrons. The lowest BCUT2D eigenvalue weighted by Gasteiger charge is -2.33. The van der Waals surface area contributed by atoms with Gasteiger partial charge in [0.15, 0.2) is 6.10 Å². The normalized spacial score (nSPS) is 15.5. The lowest BCUT2D eigenvalue weighted by atomic mass is 10.0. The van der Waals surface area contributed by atoms with Crippen molar-refractivity contribution in [3.63, 3.8) is 0 Å². The van der Waals surface area contributed by atoms with Crippen molar-refractivity contribution in [1.29, 1.82) is 0 Å². The van der Waals surface area contributed by atoms with Gasteiger partial charge in [-0.25, -0.2) is 4.98 Å². The predicted octanol–water partition coefficient (Wildman–Crippen LogP) is 4.80. The summed E-state index contributed by atoms with van der Waals surface area (Å²) in [5.74, 6) is 0.0864. The number of hydrogen-bond donors (Lipinski definition) is 1. The molecule has 7 heteroatoms. The summed E-state index contributed by atoms with van der Waals surface area (Å²) in [6, 6.07) is 9.68. The molecule has 6 nitrogen and oxygen atoms in total. The van der Waals surface area contributed by atoms with Crippen LogP contribution in [0.25, 0.3) is 11.3 Å². The van der Waals surface area contributed by atoms with Crippen LogP contribution in [0, 0.1) is 27.7 Å². The smallest absolute Gasteiger partial charge is 0.268 e. The molecule has 0 radical (unpaired) electrons. The van der Waals surface area contributed by atoms with E-state index in [2.05, 4.69) is 10.3 Å². The van der Waals surface area contributed by atoms with E-state index >= 15 is 0 Å². The molecule has 0 bridgehead atoms. The number of benzene rings is 2. The first-order chi connectivity index (χ1) is 14.7. The summed E-state index contributed by atoms with van der Waals surface area (Å²) in [4.78, 5) is 31.9. The molecule has 2 heterocycles. The maximum absolute atomic E-state index is 12.9. The van der Waals surface area contributed by atoms with E-state index in [1.54, 1.807) is 18.3 Å². The van der Waals surface area contributed by atoms with Crippen molar-refractivity contribution in [2.75, 3.05) is 16.8 Å². The minimum atomic E-state index is -0.657. The predicted molar refractivity (Wildman–Crippen MR) is 124 cm³/mol. The molecule has 0 saturated carbocycles. The molecule has 1 aliphatic heterocycles. The molecule has 1 N–H and O–H groups in total. The minimum Gasteiger partial charge on any atom is -0.479 e. The SMILES string of the molecule is Cc1cc(C)c(NC(=O)CN2C(=O)C(C)Oc3ccc(-c4csc(C)n4)cc32)c(C)c1. The second-order valence-electron chi connectivity index (χ2n) is 7.94. The largest absolute Gasteiger partial charge is 0.479 e. The van der Waals surface area contributed by atoms with Crippen LogP contribution < -0.4 is 15.0 Å². The number of amides is 2. The lowest BCUT2D eigenvalue weighted by Crippen LogP contribution is -2.47. The van der Waals surface area contributed by atoms with E-state index in [4.69, 9.17) is 4.74 Å². The number of aromatic nitrogens is 1. The van der Waals surface area contributed by atoms with Gasteiger partial charge in [-0.05, 0) is 63.9 Å². The van der Waals surface area contributed by atoms with Crippen LogP contribution >= 0.6 is 11.3 Å². The van der Waals surface area contributed by atoms with E-state index in [-0.39, 0.29) is 18.4 Å². The number of hydrogen-bond acceptors (Lipinski definition) is 5. The fraction of sp³-hybridized carbons (Fsp3) is 0.292. The molecule has 0 spiro atoms. The van der Waals surface area contributed by atoms with E-state index < -0.39 is 6.10 Å². The van der Waals surface area contributed by atoms with Gasteiger partial charge in [0.05, 0.1) is 16.4 Å². The zero-order chi connectivity index (χ0) is 22.3. The van der Waals surface area contributed by atoms with Crippen LogP contribution in [0.4, 0.5) is 11.4 Å². The van der Waals surface area contributed by atoms with Gasteiger partial charge >= 0.3 is 0 Å². The van der Waals surface area contributed by atoms with Gasteiger partial charge in [-0.3, -0.25) is 14.5 Å². The summed E-state index contributed by atoms with van der Waals surface area (Å²) in [7, 11) is 0. The number of thiazole rings is 1. The summed E-state index contributed by atoms with van der Waals surface area (Å²) < 4.78 is 5.78. The average Bonchev–Trinajstić information content (AvgIpc) is 3.14. The van der Waals surface area contributed by atoms with Gasteiger partial charge in [0.1, 0.15) is 12.3 Å². The second-order valence-corrected chi connectivity index (χ2v) is 9.00. The van der Waals surface area contributed by atoms with Gasteiger partial charge < -0.3 is 10.1 Å².